The Bertz CT molecular complexity index is 435. The van der Waals surface area contributed by atoms with Crippen LogP contribution in [-0.2, 0) is 12.3 Å². The van der Waals surface area contributed by atoms with Crippen molar-refractivity contribution in [3.63, 3.8) is 0 Å². The molecule has 0 spiro atoms. The SMILES string of the molecule is CCc1nccn1-c1ccc(CCl)nn1. The molecule has 0 aliphatic carbocycles. The van der Waals surface area contributed by atoms with E-state index in [9.17, 15) is 0 Å². The van der Waals surface area contributed by atoms with Gasteiger partial charge in [-0.05, 0) is 12.1 Å². The average Bonchev–Trinajstić information content (AvgIpc) is 2.77. The van der Waals surface area contributed by atoms with Crippen molar-refractivity contribution in [2.75, 3.05) is 0 Å². The number of hydrogen-bond donors (Lipinski definition) is 0. The molecule has 0 saturated carbocycles. The van der Waals surface area contributed by atoms with Crippen LogP contribution in [0.25, 0.3) is 5.82 Å². The van der Waals surface area contributed by atoms with Crippen LogP contribution in [0.5, 0.6) is 0 Å². The second-order valence-corrected chi connectivity index (χ2v) is 3.35. The number of halogens is 1. The molecule has 2 aromatic rings. The summed E-state index contributed by atoms with van der Waals surface area (Å²) in [5.41, 5.74) is 0.776. The molecule has 15 heavy (non-hydrogen) atoms. The van der Waals surface area contributed by atoms with Gasteiger partial charge < -0.3 is 0 Å². The Balaban J connectivity index is 2.37. The minimum absolute atomic E-state index is 0.387. The number of rotatable bonds is 3. The maximum atomic E-state index is 5.64. The lowest BCUT2D eigenvalue weighted by atomic mass is 10.4. The van der Waals surface area contributed by atoms with E-state index in [2.05, 4.69) is 22.1 Å². The lowest BCUT2D eigenvalue weighted by Gasteiger charge is -2.04. The number of alkyl halides is 1. The minimum Gasteiger partial charge on any atom is -0.286 e. The van der Waals surface area contributed by atoms with Gasteiger partial charge in [-0.15, -0.1) is 16.7 Å². The van der Waals surface area contributed by atoms with E-state index < -0.39 is 0 Å². The predicted octanol–water partition coefficient (Wildman–Crippen LogP) is 1.96. The Kier molecular flexibility index (Phi) is 2.97. The molecule has 2 rings (SSSR count). The van der Waals surface area contributed by atoms with Gasteiger partial charge >= 0.3 is 0 Å². The van der Waals surface area contributed by atoms with Crippen molar-refractivity contribution in [3.05, 3.63) is 36.0 Å². The van der Waals surface area contributed by atoms with Crippen LogP contribution >= 0.6 is 11.6 Å². The smallest absolute Gasteiger partial charge is 0.160 e. The van der Waals surface area contributed by atoms with Crippen LogP contribution in [0, 0.1) is 0 Å². The van der Waals surface area contributed by atoms with Gasteiger partial charge in [0.25, 0.3) is 0 Å². The summed E-state index contributed by atoms with van der Waals surface area (Å²) in [7, 11) is 0. The molecule has 0 amide bonds. The van der Waals surface area contributed by atoms with E-state index in [-0.39, 0.29) is 0 Å². The van der Waals surface area contributed by atoms with E-state index in [0.29, 0.717) is 5.88 Å². The number of hydrogen-bond acceptors (Lipinski definition) is 3. The Hall–Kier alpha value is -1.42. The summed E-state index contributed by atoms with van der Waals surface area (Å²) in [6.45, 7) is 2.05. The third-order valence-electron chi connectivity index (χ3n) is 2.12. The lowest BCUT2D eigenvalue weighted by Crippen LogP contribution is -2.03. The molecule has 78 valence electrons. The summed E-state index contributed by atoms with van der Waals surface area (Å²) in [6, 6.07) is 3.76. The van der Waals surface area contributed by atoms with E-state index in [1.54, 1.807) is 6.20 Å². The zero-order valence-electron chi connectivity index (χ0n) is 8.39. The van der Waals surface area contributed by atoms with Crippen LogP contribution in [0.2, 0.25) is 0 Å². The largest absolute Gasteiger partial charge is 0.286 e. The summed E-state index contributed by atoms with van der Waals surface area (Å²) in [5.74, 6) is 2.14. The maximum Gasteiger partial charge on any atom is 0.160 e. The molecule has 4 nitrogen and oxygen atoms in total. The standard InChI is InChI=1S/C10H11ClN4/c1-2-9-12-5-6-15(9)10-4-3-8(7-11)13-14-10/h3-6H,2,7H2,1H3. The van der Waals surface area contributed by atoms with Crippen molar-refractivity contribution < 1.29 is 0 Å². The van der Waals surface area contributed by atoms with Crippen LogP contribution in [0.1, 0.15) is 18.4 Å². The molecule has 0 aliphatic rings. The Morgan fingerprint density at radius 3 is 2.80 bits per heavy atom. The highest BCUT2D eigenvalue weighted by Crippen LogP contribution is 2.08. The fraction of sp³-hybridized carbons (Fsp3) is 0.300. The molecule has 2 aromatic heterocycles. The van der Waals surface area contributed by atoms with Crippen molar-refractivity contribution in [2.45, 2.75) is 19.2 Å². The number of imidazole rings is 1. The normalized spacial score (nSPS) is 10.5. The minimum atomic E-state index is 0.387. The molecule has 5 heteroatoms. The first-order chi connectivity index (χ1) is 7.35. The quantitative estimate of drug-likeness (QED) is 0.746. The second-order valence-electron chi connectivity index (χ2n) is 3.08. The maximum absolute atomic E-state index is 5.64. The molecule has 0 aliphatic heterocycles. The predicted molar refractivity (Wildman–Crippen MR) is 58.1 cm³/mol. The molecule has 0 fully saturated rings. The van der Waals surface area contributed by atoms with E-state index >= 15 is 0 Å². The highest BCUT2D eigenvalue weighted by molar-refractivity contribution is 6.16. The van der Waals surface area contributed by atoms with Gasteiger partial charge in [-0.25, -0.2) is 4.98 Å². The van der Waals surface area contributed by atoms with Crippen LogP contribution < -0.4 is 0 Å². The molecule has 0 radical (unpaired) electrons. The van der Waals surface area contributed by atoms with Crippen LogP contribution in [-0.4, -0.2) is 19.7 Å². The lowest BCUT2D eigenvalue weighted by molar-refractivity contribution is 0.828. The zero-order chi connectivity index (χ0) is 10.7. The van der Waals surface area contributed by atoms with Crippen molar-refractivity contribution >= 4 is 11.6 Å². The first-order valence-electron chi connectivity index (χ1n) is 4.76. The molecule has 2 heterocycles. The number of nitrogens with zero attached hydrogens (tertiary/aromatic N) is 4. The van der Waals surface area contributed by atoms with Gasteiger partial charge in [0.1, 0.15) is 5.82 Å². The zero-order valence-corrected chi connectivity index (χ0v) is 9.15. The average molecular weight is 223 g/mol. The van der Waals surface area contributed by atoms with Crippen LogP contribution in [0.4, 0.5) is 0 Å². The van der Waals surface area contributed by atoms with E-state index in [4.69, 9.17) is 11.6 Å². The summed E-state index contributed by atoms with van der Waals surface area (Å²) in [5, 5.41) is 8.09. The molecule has 0 bridgehead atoms. The van der Waals surface area contributed by atoms with Crippen LogP contribution in [0.3, 0.4) is 0 Å². The van der Waals surface area contributed by atoms with Gasteiger partial charge in [-0.3, -0.25) is 4.57 Å². The molecular weight excluding hydrogens is 212 g/mol. The molecule has 0 unspecified atom stereocenters. The molecule has 0 aromatic carbocycles. The van der Waals surface area contributed by atoms with E-state index in [1.807, 2.05) is 22.9 Å². The van der Waals surface area contributed by atoms with Crippen molar-refractivity contribution in [2.24, 2.45) is 0 Å². The first kappa shape index (κ1) is 10.1. The first-order valence-corrected chi connectivity index (χ1v) is 5.29. The molecule has 0 atom stereocenters. The van der Waals surface area contributed by atoms with Crippen LogP contribution in [0.15, 0.2) is 24.5 Å². The summed E-state index contributed by atoms with van der Waals surface area (Å²) in [4.78, 5) is 4.22. The Labute approximate surface area is 92.9 Å². The van der Waals surface area contributed by atoms with Gasteiger partial charge in [0.2, 0.25) is 0 Å². The van der Waals surface area contributed by atoms with Gasteiger partial charge in [-0.1, -0.05) is 6.92 Å². The fourth-order valence-corrected chi connectivity index (χ4v) is 1.50. The Morgan fingerprint density at radius 1 is 1.33 bits per heavy atom. The van der Waals surface area contributed by atoms with Gasteiger partial charge in [0, 0.05) is 18.8 Å². The van der Waals surface area contributed by atoms with Gasteiger partial charge in [0.05, 0.1) is 11.6 Å². The molecule has 0 saturated heterocycles. The topological polar surface area (TPSA) is 43.6 Å². The number of aryl methyl sites for hydroxylation is 1. The highest BCUT2D eigenvalue weighted by Gasteiger charge is 2.04. The van der Waals surface area contributed by atoms with E-state index in [0.717, 1.165) is 23.8 Å². The Morgan fingerprint density at radius 2 is 2.20 bits per heavy atom. The molecule has 0 N–H and O–H groups in total. The van der Waals surface area contributed by atoms with Crippen molar-refractivity contribution in [3.8, 4) is 5.82 Å². The van der Waals surface area contributed by atoms with Gasteiger partial charge in [-0.2, -0.15) is 5.10 Å². The number of aromatic nitrogens is 4. The molecular formula is C10H11ClN4. The summed E-state index contributed by atoms with van der Waals surface area (Å²) < 4.78 is 1.92. The monoisotopic (exact) mass is 222 g/mol. The third kappa shape index (κ3) is 1.99. The summed E-state index contributed by atoms with van der Waals surface area (Å²) >= 11 is 5.64. The third-order valence-corrected chi connectivity index (χ3v) is 2.40. The fourth-order valence-electron chi connectivity index (χ4n) is 1.36. The van der Waals surface area contributed by atoms with E-state index in [1.165, 1.54) is 0 Å². The van der Waals surface area contributed by atoms with Gasteiger partial charge in [0.15, 0.2) is 5.82 Å². The second kappa shape index (κ2) is 4.40. The van der Waals surface area contributed by atoms with Crippen molar-refractivity contribution in [1.29, 1.82) is 0 Å². The highest BCUT2D eigenvalue weighted by atomic mass is 35.5. The summed E-state index contributed by atoms with van der Waals surface area (Å²) in [6.07, 6.45) is 4.51. The van der Waals surface area contributed by atoms with Crippen molar-refractivity contribution in [1.82, 2.24) is 19.7 Å².